The molecule has 0 saturated carbocycles. The minimum atomic E-state index is 0.179. The summed E-state index contributed by atoms with van der Waals surface area (Å²) in [7, 11) is 0. The first kappa shape index (κ1) is 13.8. The van der Waals surface area contributed by atoms with Gasteiger partial charge < -0.3 is 10.0 Å². The van der Waals surface area contributed by atoms with Gasteiger partial charge in [0.05, 0.1) is 13.2 Å². The summed E-state index contributed by atoms with van der Waals surface area (Å²) in [6, 6.07) is 0.942. The average molecular weight is 254 g/mol. The number of amides is 1. The fourth-order valence-corrected chi connectivity index (χ4v) is 3.48. The van der Waals surface area contributed by atoms with Gasteiger partial charge in [-0.15, -0.1) is 0 Å². The smallest absolute Gasteiger partial charge is 0.237 e. The topological polar surface area (TPSA) is 43.8 Å². The van der Waals surface area contributed by atoms with Crippen LogP contribution < -0.4 is 0 Å². The summed E-state index contributed by atoms with van der Waals surface area (Å²) in [5, 5.41) is 9.30. The van der Waals surface area contributed by atoms with Crippen molar-refractivity contribution in [1.29, 1.82) is 0 Å². The molecule has 2 aliphatic heterocycles. The molecule has 0 radical (unpaired) electrons. The first-order valence-electron chi connectivity index (χ1n) is 7.29. The molecule has 4 heteroatoms. The number of carbonyl (C=O) groups is 1. The molecule has 1 N–H and O–H groups in total. The molecule has 2 aliphatic rings. The van der Waals surface area contributed by atoms with Crippen LogP contribution in [-0.2, 0) is 4.79 Å². The van der Waals surface area contributed by atoms with Crippen molar-refractivity contribution in [2.24, 2.45) is 0 Å². The highest BCUT2D eigenvalue weighted by atomic mass is 16.3. The fraction of sp³-hybridized carbons (Fsp3) is 0.929. The second-order valence-corrected chi connectivity index (χ2v) is 5.88. The normalized spacial score (nSPS) is 33.9. The van der Waals surface area contributed by atoms with Gasteiger partial charge in [0.15, 0.2) is 0 Å². The molecule has 2 rings (SSSR count). The summed E-state index contributed by atoms with van der Waals surface area (Å²) in [6.07, 6.45) is 5.60. The molecule has 0 spiro atoms. The predicted molar refractivity (Wildman–Crippen MR) is 71.3 cm³/mol. The van der Waals surface area contributed by atoms with E-state index in [0.29, 0.717) is 18.6 Å². The van der Waals surface area contributed by atoms with E-state index in [0.717, 1.165) is 32.2 Å². The Hall–Kier alpha value is -0.610. The van der Waals surface area contributed by atoms with Crippen LogP contribution in [0.3, 0.4) is 0 Å². The van der Waals surface area contributed by atoms with Crippen molar-refractivity contribution in [3.05, 3.63) is 0 Å². The van der Waals surface area contributed by atoms with Gasteiger partial charge in [-0.3, -0.25) is 9.69 Å². The minimum Gasteiger partial charge on any atom is -0.395 e. The Balaban J connectivity index is 1.94. The van der Waals surface area contributed by atoms with Crippen molar-refractivity contribution in [3.63, 3.8) is 0 Å². The number of hydrogen-bond acceptors (Lipinski definition) is 3. The van der Waals surface area contributed by atoms with Gasteiger partial charge in [-0.05, 0) is 52.5 Å². The summed E-state index contributed by atoms with van der Waals surface area (Å²) >= 11 is 0. The molecule has 3 atom stereocenters. The summed E-state index contributed by atoms with van der Waals surface area (Å²) in [5.74, 6) is 0.245. The third-order valence-corrected chi connectivity index (χ3v) is 4.53. The first-order valence-corrected chi connectivity index (χ1v) is 7.29. The van der Waals surface area contributed by atoms with E-state index in [9.17, 15) is 9.90 Å². The average Bonchev–Trinajstić information content (AvgIpc) is 2.76. The Kier molecular flexibility index (Phi) is 4.62. The largest absolute Gasteiger partial charge is 0.395 e. The van der Waals surface area contributed by atoms with E-state index in [2.05, 4.69) is 23.6 Å². The van der Waals surface area contributed by atoms with Gasteiger partial charge in [0.25, 0.3) is 0 Å². The van der Waals surface area contributed by atoms with E-state index in [4.69, 9.17) is 0 Å². The van der Waals surface area contributed by atoms with Crippen LogP contribution in [0.15, 0.2) is 0 Å². The second-order valence-electron chi connectivity index (χ2n) is 5.88. The van der Waals surface area contributed by atoms with Gasteiger partial charge in [-0.2, -0.15) is 0 Å². The fourth-order valence-electron chi connectivity index (χ4n) is 3.48. The summed E-state index contributed by atoms with van der Waals surface area (Å²) in [5.41, 5.74) is 0. The number of carbonyl (C=O) groups excluding carboxylic acids is 1. The number of aliphatic hydroxyl groups is 1. The molecule has 0 aromatic heterocycles. The standard InChI is InChI=1S/C14H26N2O2/c1-11-5-3-6-12(2)16(11)14(18)9-15-8-4-7-13(15)10-17/h11-13,17H,3-10H2,1-2H3/t11?,12?,13-/m0/s1. The van der Waals surface area contributed by atoms with Crippen molar-refractivity contribution >= 4 is 5.91 Å². The minimum absolute atomic E-state index is 0.179. The molecule has 2 unspecified atom stereocenters. The van der Waals surface area contributed by atoms with Crippen LogP contribution in [0.25, 0.3) is 0 Å². The molecular weight excluding hydrogens is 228 g/mol. The van der Waals surface area contributed by atoms with Gasteiger partial charge in [-0.25, -0.2) is 0 Å². The molecule has 2 fully saturated rings. The molecule has 1 amide bonds. The van der Waals surface area contributed by atoms with Crippen LogP contribution in [0.2, 0.25) is 0 Å². The number of rotatable bonds is 3. The van der Waals surface area contributed by atoms with E-state index < -0.39 is 0 Å². The lowest BCUT2D eigenvalue weighted by Gasteiger charge is -2.40. The van der Waals surface area contributed by atoms with Crippen molar-refractivity contribution in [1.82, 2.24) is 9.80 Å². The van der Waals surface area contributed by atoms with Gasteiger partial charge >= 0.3 is 0 Å². The molecule has 104 valence electrons. The van der Waals surface area contributed by atoms with Crippen LogP contribution in [0.1, 0.15) is 46.0 Å². The first-order chi connectivity index (χ1) is 8.63. The zero-order valence-electron chi connectivity index (χ0n) is 11.6. The SMILES string of the molecule is CC1CCCC(C)N1C(=O)CN1CCC[C@H]1CO. The van der Waals surface area contributed by atoms with Crippen LogP contribution in [0.4, 0.5) is 0 Å². The molecule has 0 bridgehead atoms. The van der Waals surface area contributed by atoms with E-state index in [1.54, 1.807) is 0 Å². The summed E-state index contributed by atoms with van der Waals surface area (Å²) in [6.45, 7) is 5.92. The lowest BCUT2D eigenvalue weighted by atomic mass is 9.97. The summed E-state index contributed by atoms with van der Waals surface area (Å²) in [4.78, 5) is 16.7. The maximum absolute atomic E-state index is 12.4. The molecule has 2 saturated heterocycles. The molecule has 0 aromatic rings. The Morgan fingerprint density at radius 2 is 1.83 bits per heavy atom. The van der Waals surface area contributed by atoms with Crippen LogP contribution in [-0.4, -0.2) is 58.6 Å². The highest BCUT2D eigenvalue weighted by Gasteiger charge is 2.32. The van der Waals surface area contributed by atoms with E-state index >= 15 is 0 Å². The third kappa shape index (κ3) is 2.86. The molecule has 0 aliphatic carbocycles. The maximum Gasteiger partial charge on any atom is 0.237 e. The number of piperidine rings is 1. The lowest BCUT2D eigenvalue weighted by Crippen LogP contribution is -2.51. The number of aliphatic hydroxyl groups excluding tert-OH is 1. The number of hydrogen-bond donors (Lipinski definition) is 1. The zero-order valence-corrected chi connectivity index (χ0v) is 11.6. The predicted octanol–water partition coefficient (Wildman–Crippen LogP) is 1.23. The molecule has 4 nitrogen and oxygen atoms in total. The van der Waals surface area contributed by atoms with E-state index in [1.807, 2.05) is 0 Å². The highest BCUT2D eigenvalue weighted by Crippen LogP contribution is 2.24. The van der Waals surface area contributed by atoms with Crippen molar-refractivity contribution < 1.29 is 9.90 Å². The highest BCUT2D eigenvalue weighted by molar-refractivity contribution is 5.79. The molecular formula is C14H26N2O2. The summed E-state index contributed by atoms with van der Waals surface area (Å²) < 4.78 is 0. The van der Waals surface area contributed by atoms with Crippen molar-refractivity contribution in [3.8, 4) is 0 Å². The van der Waals surface area contributed by atoms with Gasteiger partial charge in [0.2, 0.25) is 5.91 Å². The Morgan fingerprint density at radius 3 is 2.44 bits per heavy atom. The number of likely N-dealkylation sites (tertiary alicyclic amines) is 2. The van der Waals surface area contributed by atoms with Crippen molar-refractivity contribution in [2.45, 2.75) is 64.1 Å². The van der Waals surface area contributed by atoms with E-state index in [1.165, 1.54) is 6.42 Å². The van der Waals surface area contributed by atoms with Gasteiger partial charge in [-0.1, -0.05) is 0 Å². The Bertz CT molecular complexity index is 286. The van der Waals surface area contributed by atoms with Gasteiger partial charge in [0.1, 0.15) is 0 Å². The Morgan fingerprint density at radius 1 is 1.17 bits per heavy atom. The van der Waals surface area contributed by atoms with Crippen LogP contribution >= 0.6 is 0 Å². The number of nitrogens with zero attached hydrogens (tertiary/aromatic N) is 2. The van der Waals surface area contributed by atoms with Crippen LogP contribution in [0, 0.1) is 0 Å². The zero-order chi connectivity index (χ0) is 13.1. The maximum atomic E-state index is 12.4. The van der Waals surface area contributed by atoms with Crippen LogP contribution in [0.5, 0.6) is 0 Å². The lowest BCUT2D eigenvalue weighted by molar-refractivity contribution is -0.138. The third-order valence-electron chi connectivity index (χ3n) is 4.53. The molecule has 18 heavy (non-hydrogen) atoms. The molecule has 0 aromatic carbocycles. The molecule has 2 heterocycles. The van der Waals surface area contributed by atoms with E-state index in [-0.39, 0.29) is 18.6 Å². The van der Waals surface area contributed by atoms with Gasteiger partial charge in [0, 0.05) is 18.1 Å². The Labute approximate surface area is 110 Å². The quantitative estimate of drug-likeness (QED) is 0.824. The van der Waals surface area contributed by atoms with Crippen molar-refractivity contribution in [2.75, 3.05) is 19.7 Å². The second kappa shape index (κ2) is 6.02. The monoisotopic (exact) mass is 254 g/mol.